The lowest BCUT2D eigenvalue weighted by molar-refractivity contribution is -0.125. The van der Waals surface area contributed by atoms with Gasteiger partial charge in [0.1, 0.15) is 6.10 Å². The smallest absolute Gasteiger partial charge is 0.255 e. The highest BCUT2D eigenvalue weighted by atomic mass is 127. The third-order valence-corrected chi connectivity index (χ3v) is 8.47. The zero-order valence-electron chi connectivity index (χ0n) is 20.0. The Hall–Kier alpha value is -0.500. The average molecular weight is 881 g/mol. The molecule has 5 atom stereocenters. The molecule has 0 spiro atoms. The van der Waals surface area contributed by atoms with Crippen molar-refractivity contribution in [1.29, 1.82) is 0 Å². The van der Waals surface area contributed by atoms with Crippen LogP contribution in [0.2, 0.25) is 0 Å². The van der Waals surface area contributed by atoms with E-state index >= 15 is 0 Å². The molecule has 0 aliphatic heterocycles. The Labute approximate surface area is 258 Å². The first-order valence-corrected chi connectivity index (χ1v) is 14.3. The van der Waals surface area contributed by atoms with E-state index in [1.807, 2.05) is 0 Å². The highest BCUT2D eigenvalue weighted by molar-refractivity contribution is 14.1. The standard InChI is InChI=1S/C21H30I3N3O11/c1-8(33)21(38)27(2-3-28)18-16(23)13(19(36)25-9(4-29)11(34)6-31)15(22)14(17(18)24)20(37)26-10(5-30)12(35)7-32/h8-12,28-35H,2-7H2,1H3,(H,25,36)(H,26,37). The van der Waals surface area contributed by atoms with Crippen LogP contribution in [-0.2, 0) is 4.79 Å². The number of carbonyl (C=O) groups is 3. The van der Waals surface area contributed by atoms with E-state index < -0.39 is 81.2 Å². The number of hydrogen-bond donors (Lipinski definition) is 10. The number of amides is 3. The van der Waals surface area contributed by atoms with Crippen molar-refractivity contribution in [1.82, 2.24) is 10.6 Å². The van der Waals surface area contributed by atoms with Crippen molar-refractivity contribution in [2.24, 2.45) is 0 Å². The second-order valence-corrected chi connectivity index (χ2v) is 11.2. The highest BCUT2D eigenvalue weighted by Crippen LogP contribution is 2.38. The first kappa shape index (κ1) is 35.5. The number of nitrogens with zero attached hydrogens (tertiary/aromatic N) is 1. The molecule has 1 rings (SSSR count). The van der Waals surface area contributed by atoms with Crippen molar-refractivity contribution in [2.75, 3.05) is 44.5 Å². The molecule has 0 aliphatic rings. The summed E-state index contributed by atoms with van der Waals surface area (Å²) in [6.45, 7) is -2.67. The zero-order valence-corrected chi connectivity index (χ0v) is 26.5. The van der Waals surface area contributed by atoms with Crippen LogP contribution < -0.4 is 15.5 Å². The van der Waals surface area contributed by atoms with Gasteiger partial charge in [0.2, 0.25) is 0 Å². The van der Waals surface area contributed by atoms with Gasteiger partial charge in [-0.25, -0.2) is 0 Å². The molecule has 3 amide bonds. The molecule has 0 radical (unpaired) electrons. The number of anilines is 1. The number of carbonyl (C=O) groups excluding carboxylic acids is 3. The average Bonchev–Trinajstić information content (AvgIpc) is 2.88. The van der Waals surface area contributed by atoms with Gasteiger partial charge in [-0.15, -0.1) is 0 Å². The molecule has 38 heavy (non-hydrogen) atoms. The Bertz CT molecular complexity index is 940. The molecule has 216 valence electrons. The summed E-state index contributed by atoms with van der Waals surface area (Å²) in [5, 5.41) is 81.7. The number of aliphatic hydroxyl groups excluding tert-OH is 8. The predicted molar refractivity (Wildman–Crippen MR) is 159 cm³/mol. The van der Waals surface area contributed by atoms with Gasteiger partial charge in [-0.2, -0.15) is 0 Å². The van der Waals surface area contributed by atoms with Crippen LogP contribution in [0.5, 0.6) is 0 Å². The Kier molecular flexibility index (Phi) is 15.6. The summed E-state index contributed by atoms with van der Waals surface area (Å²) in [5.41, 5.74) is -0.340. The van der Waals surface area contributed by atoms with Gasteiger partial charge in [0.15, 0.2) is 0 Å². The topological polar surface area (TPSA) is 240 Å². The number of nitrogens with one attached hydrogen (secondary N) is 2. The molecule has 17 heteroatoms. The summed E-state index contributed by atoms with van der Waals surface area (Å²) >= 11 is 5.20. The molecule has 0 saturated carbocycles. The minimum Gasteiger partial charge on any atom is -0.395 e. The lowest BCUT2D eigenvalue weighted by Crippen LogP contribution is -2.49. The molecule has 14 nitrogen and oxygen atoms in total. The van der Waals surface area contributed by atoms with Gasteiger partial charge in [0, 0.05) is 10.1 Å². The fraction of sp³-hybridized carbons (Fsp3) is 0.571. The SMILES string of the molecule is CC(O)C(=O)N(CCO)c1c(I)c(C(=O)NC(CO)C(O)CO)c(I)c(C(=O)NC(CO)C(O)CO)c1I. The highest BCUT2D eigenvalue weighted by Gasteiger charge is 2.34. The molecule has 0 saturated heterocycles. The van der Waals surface area contributed by atoms with Gasteiger partial charge in [0.25, 0.3) is 17.7 Å². The molecule has 1 aromatic carbocycles. The molecular weight excluding hydrogens is 851 g/mol. The summed E-state index contributed by atoms with van der Waals surface area (Å²) in [4.78, 5) is 40.6. The van der Waals surface area contributed by atoms with Crippen molar-refractivity contribution in [3.63, 3.8) is 0 Å². The lowest BCUT2D eigenvalue weighted by atomic mass is 10.0. The van der Waals surface area contributed by atoms with Crippen LogP contribution in [0.25, 0.3) is 0 Å². The van der Waals surface area contributed by atoms with E-state index in [1.54, 1.807) is 67.8 Å². The van der Waals surface area contributed by atoms with Crippen LogP contribution >= 0.6 is 67.8 Å². The number of aliphatic hydroxyl groups is 8. The van der Waals surface area contributed by atoms with E-state index in [2.05, 4.69) is 10.6 Å². The fourth-order valence-corrected chi connectivity index (χ4v) is 7.94. The largest absolute Gasteiger partial charge is 0.395 e. The summed E-state index contributed by atoms with van der Waals surface area (Å²) in [7, 11) is 0. The maximum Gasteiger partial charge on any atom is 0.255 e. The maximum absolute atomic E-state index is 13.4. The van der Waals surface area contributed by atoms with Gasteiger partial charge in [-0.3, -0.25) is 14.4 Å². The third-order valence-electron chi connectivity index (χ3n) is 5.29. The molecule has 0 heterocycles. The Morgan fingerprint density at radius 2 is 1.13 bits per heavy atom. The van der Waals surface area contributed by atoms with E-state index in [9.17, 15) is 55.2 Å². The van der Waals surface area contributed by atoms with Crippen molar-refractivity contribution in [2.45, 2.75) is 37.3 Å². The van der Waals surface area contributed by atoms with E-state index in [1.165, 1.54) is 6.92 Å². The van der Waals surface area contributed by atoms with Crippen molar-refractivity contribution < 1.29 is 55.2 Å². The fourth-order valence-electron chi connectivity index (χ4n) is 3.21. The third kappa shape index (κ3) is 8.50. The maximum atomic E-state index is 13.4. The van der Waals surface area contributed by atoms with Gasteiger partial charge < -0.3 is 56.4 Å². The Morgan fingerprint density at radius 3 is 1.42 bits per heavy atom. The summed E-state index contributed by atoms with van der Waals surface area (Å²) in [6.07, 6.45) is -4.55. The lowest BCUT2D eigenvalue weighted by Gasteiger charge is -2.29. The molecular formula is C21H30I3N3O11. The molecule has 0 aromatic heterocycles. The van der Waals surface area contributed by atoms with Crippen LogP contribution in [0.4, 0.5) is 5.69 Å². The van der Waals surface area contributed by atoms with E-state index in [0.717, 1.165) is 4.90 Å². The van der Waals surface area contributed by atoms with Gasteiger partial charge in [-0.05, 0) is 74.7 Å². The van der Waals surface area contributed by atoms with Crippen LogP contribution in [0, 0.1) is 10.7 Å². The van der Waals surface area contributed by atoms with E-state index in [4.69, 9.17) is 0 Å². The van der Waals surface area contributed by atoms with E-state index in [0.29, 0.717) is 0 Å². The number of hydrogen-bond acceptors (Lipinski definition) is 11. The zero-order chi connectivity index (χ0) is 29.3. The van der Waals surface area contributed by atoms with Gasteiger partial charge in [-0.1, -0.05) is 0 Å². The predicted octanol–water partition coefficient (Wildman–Crippen LogP) is -2.91. The Balaban J connectivity index is 3.93. The summed E-state index contributed by atoms with van der Waals surface area (Å²) in [6, 6.07) is -2.57. The normalized spacial score (nSPS) is 15.3. The van der Waals surface area contributed by atoms with Gasteiger partial charge >= 0.3 is 0 Å². The first-order chi connectivity index (χ1) is 17.8. The minimum absolute atomic E-state index is 0.00613. The molecule has 0 bridgehead atoms. The van der Waals surface area contributed by atoms with Crippen molar-refractivity contribution >= 4 is 91.2 Å². The van der Waals surface area contributed by atoms with Crippen molar-refractivity contribution in [3.8, 4) is 0 Å². The Morgan fingerprint density at radius 1 is 0.737 bits per heavy atom. The quantitative estimate of drug-likeness (QED) is 0.0851. The molecule has 5 unspecified atom stereocenters. The van der Waals surface area contributed by atoms with Crippen LogP contribution in [0.1, 0.15) is 27.6 Å². The number of benzene rings is 1. The second-order valence-electron chi connectivity index (χ2n) is 7.95. The number of rotatable bonds is 14. The van der Waals surface area contributed by atoms with Crippen LogP contribution in [0.3, 0.4) is 0 Å². The minimum atomic E-state index is -1.52. The van der Waals surface area contributed by atoms with Crippen LogP contribution in [-0.4, -0.2) is 129 Å². The molecule has 0 fully saturated rings. The monoisotopic (exact) mass is 881 g/mol. The number of halogens is 3. The van der Waals surface area contributed by atoms with Crippen molar-refractivity contribution in [3.05, 3.63) is 21.8 Å². The van der Waals surface area contributed by atoms with Crippen LogP contribution in [0.15, 0.2) is 0 Å². The van der Waals surface area contributed by atoms with E-state index in [-0.39, 0.29) is 34.1 Å². The molecule has 1 aromatic rings. The first-order valence-electron chi connectivity index (χ1n) is 11.0. The van der Waals surface area contributed by atoms with Gasteiger partial charge in [0.05, 0.1) is 81.3 Å². The molecule has 0 aliphatic carbocycles. The summed E-state index contributed by atoms with van der Waals surface area (Å²) in [5.74, 6) is -2.62. The molecule has 10 N–H and O–H groups in total. The second kappa shape index (κ2) is 16.7. The summed E-state index contributed by atoms with van der Waals surface area (Å²) < 4.78 is 0.295.